The fraction of sp³-hybridized carbons (Fsp3) is 0.263. The fourth-order valence-electron chi connectivity index (χ4n) is 2.55. The molecule has 154 valence electrons. The van der Waals surface area contributed by atoms with Gasteiger partial charge in [-0.15, -0.1) is 0 Å². The Morgan fingerprint density at radius 3 is 2.45 bits per heavy atom. The minimum absolute atomic E-state index is 0.0777. The van der Waals surface area contributed by atoms with Crippen LogP contribution in [0.25, 0.3) is 0 Å². The van der Waals surface area contributed by atoms with Crippen molar-refractivity contribution in [2.24, 2.45) is 0 Å². The molecule has 3 rings (SSSR count). The molecule has 2 aromatic carbocycles. The molecule has 0 unspecified atom stereocenters. The number of ether oxygens (including phenoxy) is 2. The highest BCUT2D eigenvalue weighted by Crippen LogP contribution is 2.34. The number of anilines is 1. The molecule has 0 bridgehead atoms. The predicted octanol–water partition coefficient (Wildman–Crippen LogP) is 1.07. The van der Waals surface area contributed by atoms with Crippen LogP contribution in [-0.2, 0) is 19.6 Å². The largest absolute Gasteiger partial charge is 0.454 e. The summed E-state index contributed by atoms with van der Waals surface area (Å²) in [6, 6.07) is 9.63. The van der Waals surface area contributed by atoms with Crippen LogP contribution in [0.4, 0.5) is 5.69 Å². The fourth-order valence-corrected chi connectivity index (χ4v) is 3.61. The molecule has 0 radical (unpaired) electrons. The molecule has 2 aromatic rings. The highest BCUT2D eigenvalue weighted by Gasteiger charge is 2.17. The van der Waals surface area contributed by atoms with Crippen molar-refractivity contribution in [1.82, 2.24) is 10.0 Å². The smallest absolute Gasteiger partial charge is 0.243 e. The summed E-state index contributed by atoms with van der Waals surface area (Å²) < 4.78 is 37.2. The lowest BCUT2D eigenvalue weighted by molar-refractivity contribution is -0.123. The van der Waals surface area contributed by atoms with Crippen molar-refractivity contribution in [3.8, 4) is 11.5 Å². The van der Waals surface area contributed by atoms with E-state index >= 15 is 0 Å². The number of rotatable bonds is 7. The molecule has 0 atom stereocenters. The molecule has 9 nitrogen and oxygen atoms in total. The Morgan fingerprint density at radius 1 is 0.931 bits per heavy atom. The van der Waals surface area contributed by atoms with E-state index in [4.69, 9.17) is 9.47 Å². The van der Waals surface area contributed by atoms with Crippen LogP contribution in [0.3, 0.4) is 0 Å². The van der Waals surface area contributed by atoms with E-state index in [0.717, 1.165) is 11.1 Å². The zero-order chi connectivity index (χ0) is 21.0. The first-order chi connectivity index (χ1) is 13.7. The molecule has 1 heterocycles. The molecule has 0 fully saturated rings. The minimum atomic E-state index is -3.82. The lowest BCUT2D eigenvalue weighted by Crippen LogP contribution is -2.40. The van der Waals surface area contributed by atoms with E-state index in [1.54, 1.807) is 31.2 Å². The van der Waals surface area contributed by atoms with Gasteiger partial charge in [-0.05, 0) is 49.2 Å². The van der Waals surface area contributed by atoms with Gasteiger partial charge < -0.3 is 20.1 Å². The second-order valence-electron chi connectivity index (χ2n) is 6.46. The van der Waals surface area contributed by atoms with E-state index in [0.29, 0.717) is 17.2 Å². The van der Waals surface area contributed by atoms with Crippen molar-refractivity contribution >= 4 is 27.5 Å². The first-order valence-corrected chi connectivity index (χ1v) is 10.3. The number of hydrogen-bond donors (Lipinski definition) is 3. The number of carbonyl (C=O) groups is 2. The van der Waals surface area contributed by atoms with Gasteiger partial charge in [0.25, 0.3) is 0 Å². The molecule has 0 spiro atoms. The van der Waals surface area contributed by atoms with Crippen LogP contribution in [-0.4, -0.2) is 40.1 Å². The molecular formula is C19H21N3O6S. The van der Waals surface area contributed by atoms with Gasteiger partial charge in [0, 0.05) is 11.8 Å². The number of hydrogen-bond acceptors (Lipinski definition) is 6. The average molecular weight is 419 g/mol. The Morgan fingerprint density at radius 2 is 1.69 bits per heavy atom. The summed E-state index contributed by atoms with van der Waals surface area (Å²) in [7, 11) is -3.82. The molecule has 1 aliphatic heterocycles. The second kappa shape index (κ2) is 8.50. The third-order valence-electron chi connectivity index (χ3n) is 4.31. The van der Waals surface area contributed by atoms with Gasteiger partial charge in [0.05, 0.1) is 18.0 Å². The SMILES string of the molecule is Cc1ccc(S(=O)(=O)NCC(=O)NCC(=O)Nc2ccc3c(c2)OCO3)cc1C. The monoisotopic (exact) mass is 419 g/mol. The lowest BCUT2D eigenvalue weighted by atomic mass is 10.1. The van der Waals surface area contributed by atoms with Gasteiger partial charge in [-0.3, -0.25) is 9.59 Å². The summed E-state index contributed by atoms with van der Waals surface area (Å²) in [5, 5.41) is 4.97. The van der Waals surface area contributed by atoms with Gasteiger partial charge in [-0.1, -0.05) is 6.07 Å². The van der Waals surface area contributed by atoms with Crippen molar-refractivity contribution in [3.63, 3.8) is 0 Å². The normalized spacial score (nSPS) is 12.5. The molecule has 29 heavy (non-hydrogen) atoms. The number of sulfonamides is 1. The molecule has 0 saturated heterocycles. The molecule has 3 N–H and O–H groups in total. The Hall–Kier alpha value is -3.11. The quantitative estimate of drug-likeness (QED) is 0.617. The van der Waals surface area contributed by atoms with E-state index in [1.165, 1.54) is 12.1 Å². The van der Waals surface area contributed by atoms with Crippen LogP contribution in [0, 0.1) is 13.8 Å². The summed E-state index contributed by atoms with van der Waals surface area (Å²) >= 11 is 0. The van der Waals surface area contributed by atoms with E-state index in [9.17, 15) is 18.0 Å². The third kappa shape index (κ3) is 5.24. The number of benzene rings is 2. The number of amides is 2. The van der Waals surface area contributed by atoms with Gasteiger partial charge in [-0.2, -0.15) is 0 Å². The first-order valence-electron chi connectivity index (χ1n) is 8.78. The summed E-state index contributed by atoms with van der Waals surface area (Å²) in [5.41, 5.74) is 2.29. The van der Waals surface area contributed by atoms with Gasteiger partial charge in [0.1, 0.15) is 0 Å². The minimum Gasteiger partial charge on any atom is -0.454 e. The number of carbonyl (C=O) groups excluding carboxylic acids is 2. The third-order valence-corrected chi connectivity index (χ3v) is 5.71. The van der Waals surface area contributed by atoms with Gasteiger partial charge >= 0.3 is 0 Å². The average Bonchev–Trinajstić information content (AvgIpc) is 3.14. The topological polar surface area (TPSA) is 123 Å². The van der Waals surface area contributed by atoms with Crippen LogP contribution >= 0.6 is 0 Å². The number of fused-ring (bicyclic) bond motifs is 1. The number of nitrogens with one attached hydrogen (secondary N) is 3. The maximum Gasteiger partial charge on any atom is 0.243 e. The molecule has 0 aromatic heterocycles. The molecule has 2 amide bonds. The van der Waals surface area contributed by atoms with Gasteiger partial charge in [-0.25, -0.2) is 13.1 Å². The summed E-state index contributed by atoms with van der Waals surface area (Å²) in [5.74, 6) is 0.0208. The Kier molecular flexibility index (Phi) is 6.04. The van der Waals surface area contributed by atoms with Crippen LogP contribution in [0.2, 0.25) is 0 Å². The lowest BCUT2D eigenvalue weighted by Gasteiger charge is -2.10. The van der Waals surface area contributed by atoms with Crippen LogP contribution in [0.5, 0.6) is 11.5 Å². The van der Waals surface area contributed by atoms with E-state index < -0.39 is 28.4 Å². The Bertz CT molecular complexity index is 1050. The van der Waals surface area contributed by atoms with Gasteiger partial charge in [0.2, 0.25) is 28.6 Å². The van der Waals surface area contributed by atoms with Crippen molar-refractivity contribution in [2.45, 2.75) is 18.7 Å². The summed E-state index contributed by atoms with van der Waals surface area (Å²) in [6.07, 6.45) is 0. The first kappa shape index (κ1) is 20.6. The molecular weight excluding hydrogens is 398 g/mol. The molecule has 0 aliphatic carbocycles. The Balaban J connectivity index is 1.46. The van der Waals surface area contributed by atoms with E-state index in [2.05, 4.69) is 15.4 Å². The number of aryl methyl sites for hydroxylation is 2. The zero-order valence-corrected chi connectivity index (χ0v) is 16.8. The highest BCUT2D eigenvalue weighted by molar-refractivity contribution is 7.89. The Labute approximate surface area is 168 Å². The summed E-state index contributed by atoms with van der Waals surface area (Å²) in [4.78, 5) is 23.9. The highest BCUT2D eigenvalue weighted by atomic mass is 32.2. The predicted molar refractivity (Wildman–Crippen MR) is 105 cm³/mol. The van der Waals surface area contributed by atoms with E-state index in [-0.39, 0.29) is 18.2 Å². The van der Waals surface area contributed by atoms with Crippen LogP contribution < -0.4 is 24.8 Å². The van der Waals surface area contributed by atoms with Crippen LogP contribution in [0.15, 0.2) is 41.3 Å². The van der Waals surface area contributed by atoms with Crippen molar-refractivity contribution < 1.29 is 27.5 Å². The standard InChI is InChI=1S/C19H21N3O6S/c1-12-3-5-15(7-13(12)2)29(25,26)21-10-18(23)20-9-19(24)22-14-4-6-16-17(8-14)28-11-27-16/h3-8,21H,9-11H2,1-2H3,(H,20,23)(H,22,24). The van der Waals surface area contributed by atoms with E-state index in [1.807, 2.05) is 6.92 Å². The maximum absolute atomic E-state index is 12.3. The second-order valence-corrected chi connectivity index (χ2v) is 8.23. The van der Waals surface area contributed by atoms with Crippen molar-refractivity contribution in [3.05, 3.63) is 47.5 Å². The van der Waals surface area contributed by atoms with Crippen LogP contribution in [0.1, 0.15) is 11.1 Å². The van der Waals surface area contributed by atoms with Gasteiger partial charge in [0.15, 0.2) is 11.5 Å². The summed E-state index contributed by atoms with van der Waals surface area (Å²) in [6.45, 7) is 3.02. The van der Waals surface area contributed by atoms with Crippen molar-refractivity contribution in [1.29, 1.82) is 0 Å². The molecule has 0 saturated carbocycles. The van der Waals surface area contributed by atoms with Crippen molar-refractivity contribution in [2.75, 3.05) is 25.2 Å². The molecule has 1 aliphatic rings. The zero-order valence-electron chi connectivity index (χ0n) is 15.9. The maximum atomic E-state index is 12.3. The molecule has 10 heteroatoms.